The Kier molecular flexibility index (Phi) is 5.22. The molecule has 2 heteroatoms. The molecule has 0 heterocycles. The first kappa shape index (κ1) is 15.1. The zero-order valence-electron chi connectivity index (χ0n) is 12.4. The highest BCUT2D eigenvalue weighted by Crippen LogP contribution is 2.29. The lowest BCUT2D eigenvalue weighted by Gasteiger charge is -2.23. The van der Waals surface area contributed by atoms with Crippen molar-refractivity contribution in [1.29, 1.82) is 0 Å². The summed E-state index contributed by atoms with van der Waals surface area (Å²) in [7, 11) is 0. The monoisotopic (exact) mass is 287 g/mol. The molecule has 2 aromatic carbocycles. The molecule has 0 bridgehead atoms. The van der Waals surface area contributed by atoms with E-state index in [0.717, 1.165) is 18.0 Å². The third-order valence-electron chi connectivity index (χ3n) is 3.65. The van der Waals surface area contributed by atoms with Crippen LogP contribution < -0.4 is 5.32 Å². The van der Waals surface area contributed by atoms with Gasteiger partial charge in [0.1, 0.15) is 0 Å². The highest BCUT2D eigenvalue weighted by atomic mass is 35.5. The van der Waals surface area contributed by atoms with Gasteiger partial charge in [0.15, 0.2) is 0 Å². The Morgan fingerprint density at radius 2 is 1.70 bits per heavy atom. The Morgan fingerprint density at radius 1 is 1.00 bits per heavy atom. The molecule has 1 atom stereocenters. The van der Waals surface area contributed by atoms with Gasteiger partial charge >= 0.3 is 0 Å². The van der Waals surface area contributed by atoms with Crippen LogP contribution in [-0.2, 0) is 0 Å². The first-order chi connectivity index (χ1) is 9.63. The predicted molar refractivity (Wildman–Crippen MR) is 87.5 cm³/mol. The van der Waals surface area contributed by atoms with Crippen LogP contribution in [0.25, 0.3) is 0 Å². The fraction of sp³-hybridized carbons (Fsp3) is 0.333. The quantitative estimate of drug-likeness (QED) is 0.812. The van der Waals surface area contributed by atoms with Crippen LogP contribution in [0.5, 0.6) is 0 Å². The fourth-order valence-corrected chi connectivity index (χ4v) is 2.69. The lowest BCUT2D eigenvalue weighted by Crippen LogP contribution is -2.24. The van der Waals surface area contributed by atoms with Gasteiger partial charge in [-0.25, -0.2) is 0 Å². The fourth-order valence-electron chi connectivity index (χ4n) is 2.51. The molecule has 0 aliphatic carbocycles. The maximum atomic E-state index is 6.19. The summed E-state index contributed by atoms with van der Waals surface area (Å²) in [5.41, 5.74) is 5.17. The van der Waals surface area contributed by atoms with E-state index in [9.17, 15) is 0 Å². The van der Waals surface area contributed by atoms with Gasteiger partial charge in [-0.3, -0.25) is 0 Å². The second-order valence-electron chi connectivity index (χ2n) is 5.24. The number of hydrogen-bond donors (Lipinski definition) is 1. The molecule has 0 aliphatic heterocycles. The summed E-state index contributed by atoms with van der Waals surface area (Å²) in [6.07, 6.45) is 1.11. The molecule has 1 nitrogen and oxygen atoms in total. The summed E-state index contributed by atoms with van der Waals surface area (Å²) in [5.74, 6) is 0. The predicted octanol–water partition coefficient (Wildman–Crippen LogP) is 5.05. The van der Waals surface area contributed by atoms with Crippen molar-refractivity contribution in [1.82, 2.24) is 5.32 Å². The first-order valence-corrected chi connectivity index (χ1v) is 7.56. The largest absolute Gasteiger partial charge is 0.306 e. The van der Waals surface area contributed by atoms with Crippen molar-refractivity contribution in [3.63, 3.8) is 0 Å². The van der Waals surface area contributed by atoms with Crippen LogP contribution in [0.3, 0.4) is 0 Å². The van der Waals surface area contributed by atoms with E-state index in [2.05, 4.69) is 62.5 Å². The normalized spacial score (nSPS) is 12.4. The van der Waals surface area contributed by atoms with Gasteiger partial charge in [0.2, 0.25) is 0 Å². The van der Waals surface area contributed by atoms with Gasteiger partial charge in [0.25, 0.3) is 0 Å². The summed E-state index contributed by atoms with van der Waals surface area (Å²) in [5, 5.41) is 4.45. The van der Waals surface area contributed by atoms with Crippen LogP contribution >= 0.6 is 11.6 Å². The van der Waals surface area contributed by atoms with Crippen LogP contribution in [0.1, 0.15) is 41.6 Å². The average Bonchev–Trinajstić information content (AvgIpc) is 2.44. The van der Waals surface area contributed by atoms with Crippen molar-refractivity contribution in [3.05, 3.63) is 69.7 Å². The van der Waals surface area contributed by atoms with Gasteiger partial charge in [-0.15, -0.1) is 0 Å². The molecule has 0 saturated heterocycles. The molecule has 0 radical (unpaired) electrons. The minimum absolute atomic E-state index is 0.204. The van der Waals surface area contributed by atoms with E-state index in [4.69, 9.17) is 11.6 Å². The minimum Gasteiger partial charge on any atom is -0.306 e. The number of nitrogens with one attached hydrogen (secondary N) is 1. The lowest BCUT2D eigenvalue weighted by atomic mass is 9.92. The van der Waals surface area contributed by atoms with E-state index in [1.54, 1.807) is 0 Å². The van der Waals surface area contributed by atoms with Gasteiger partial charge < -0.3 is 5.32 Å². The maximum absolute atomic E-state index is 6.19. The molecule has 1 unspecified atom stereocenters. The average molecular weight is 288 g/mol. The molecular formula is C18H22ClN. The zero-order chi connectivity index (χ0) is 14.5. The van der Waals surface area contributed by atoms with Crippen molar-refractivity contribution in [2.75, 3.05) is 6.54 Å². The molecule has 0 saturated carbocycles. The third kappa shape index (κ3) is 3.41. The number of halogens is 1. The summed E-state index contributed by atoms with van der Waals surface area (Å²) in [6.45, 7) is 7.48. The topological polar surface area (TPSA) is 12.0 Å². The van der Waals surface area contributed by atoms with Crippen LogP contribution in [-0.4, -0.2) is 6.54 Å². The van der Waals surface area contributed by atoms with Crippen molar-refractivity contribution < 1.29 is 0 Å². The van der Waals surface area contributed by atoms with Gasteiger partial charge in [0.05, 0.1) is 6.04 Å². The van der Waals surface area contributed by atoms with E-state index in [0.29, 0.717) is 0 Å². The van der Waals surface area contributed by atoms with Gasteiger partial charge in [-0.1, -0.05) is 48.9 Å². The Morgan fingerprint density at radius 3 is 2.40 bits per heavy atom. The molecule has 0 fully saturated rings. The van der Waals surface area contributed by atoms with Crippen molar-refractivity contribution >= 4 is 11.6 Å². The number of hydrogen-bond acceptors (Lipinski definition) is 1. The summed E-state index contributed by atoms with van der Waals surface area (Å²) < 4.78 is 0. The van der Waals surface area contributed by atoms with E-state index in [1.165, 1.54) is 22.3 Å². The smallest absolute Gasteiger partial charge is 0.0582 e. The molecule has 0 amide bonds. The number of rotatable bonds is 5. The van der Waals surface area contributed by atoms with Gasteiger partial charge in [-0.2, -0.15) is 0 Å². The Hall–Kier alpha value is -1.31. The summed E-state index contributed by atoms with van der Waals surface area (Å²) >= 11 is 6.19. The van der Waals surface area contributed by atoms with E-state index in [1.807, 2.05) is 6.07 Å². The molecule has 0 aromatic heterocycles. The summed E-state index contributed by atoms with van der Waals surface area (Å²) in [6, 6.07) is 14.9. The Balaban J connectivity index is 2.47. The van der Waals surface area contributed by atoms with Gasteiger partial charge in [-0.05, 0) is 61.2 Å². The lowest BCUT2D eigenvalue weighted by molar-refractivity contribution is 0.594. The summed E-state index contributed by atoms with van der Waals surface area (Å²) in [4.78, 5) is 0. The van der Waals surface area contributed by atoms with Crippen molar-refractivity contribution in [3.8, 4) is 0 Å². The van der Waals surface area contributed by atoms with Crippen LogP contribution in [0.2, 0.25) is 5.02 Å². The molecule has 2 aromatic rings. The zero-order valence-corrected chi connectivity index (χ0v) is 13.2. The second-order valence-corrected chi connectivity index (χ2v) is 5.68. The van der Waals surface area contributed by atoms with E-state index in [-0.39, 0.29) is 6.04 Å². The van der Waals surface area contributed by atoms with Crippen LogP contribution in [0.15, 0.2) is 42.5 Å². The van der Waals surface area contributed by atoms with E-state index >= 15 is 0 Å². The second kappa shape index (κ2) is 6.92. The van der Waals surface area contributed by atoms with Crippen LogP contribution in [0.4, 0.5) is 0 Å². The molecule has 1 N–H and O–H groups in total. The van der Waals surface area contributed by atoms with E-state index < -0.39 is 0 Å². The standard InChI is InChI=1S/C18H22ClN/c1-4-11-20-18(16-8-6-5-7-13(16)2)17-12-15(19)10-9-14(17)3/h5-10,12,18,20H,4,11H2,1-3H3. The van der Waals surface area contributed by atoms with Crippen molar-refractivity contribution in [2.24, 2.45) is 0 Å². The van der Waals surface area contributed by atoms with Gasteiger partial charge in [0, 0.05) is 5.02 Å². The highest BCUT2D eigenvalue weighted by Gasteiger charge is 2.17. The Labute approximate surface area is 127 Å². The molecular weight excluding hydrogens is 266 g/mol. The molecule has 2 rings (SSSR count). The molecule has 0 spiro atoms. The third-order valence-corrected chi connectivity index (χ3v) is 3.89. The molecule has 20 heavy (non-hydrogen) atoms. The molecule has 106 valence electrons. The van der Waals surface area contributed by atoms with Crippen molar-refractivity contribution in [2.45, 2.75) is 33.2 Å². The maximum Gasteiger partial charge on any atom is 0.0582 e. The number of benzene rings is 2. The molecule has 0 aliphatic rings. The number of aryl methyl sites for hydroxylation is 2. The van der Waals surface area contributed by atoms with Crippen LogP contribution in [0, 0.1) is 13.8 Å². The minimum atomic E-state index is 0.204. The highest BCUT2D eigenvalue weighted by molar-refractivity contribution is 6.30. The Bertz CT molecular complexity index is 577. The SMILES string of the molecule is CCCNC(c1ccccc1C)c1cc(Cl)ccc1C. The first-order valence-electron chi connectivity index (χ1n) is 7.18.